The third kappa shape index (κ3) is 3.73. The zero-order valence-electron chi connectivity index (χ0n) is 10.5. The van der Waals surface area contributed by atoms with Crippen molar-refractivity contribution in [2.75, 3.05) is 0 Å². The highest BCUT2D eigenvalue weighted by Gasteiger charge is 2.21. The molecule has 2 N–H and O–H groups in total. The van der Waals surface area contributed by atoms with Crippen LogP contribution in [0.25, 0.3) is 0 Å². The van der Waals surface area contributed by atoms with Crippen LogP contribution in [0.2, 0.25) is 0 Å². The fourth-order valence-corrected chi connectivity index (χ4v) is 2.36. The van der Waals surface area contributed by atoms with Crippen molar-refractivity contribution in [1.29, 1.82) is 0 Å². The zero-order chi connectivity index (χ0) is 15.6. The normalized spacial score (nSPS) is 11.4. The molecule has 4 nitrogen and oxygen atoms in total. The smallest absolute Gasteiger partial charge is 0.241 e. The van der Waals surface area contributed by atoms with Crippen LogP contribution in [0.5, 0.6) is 5.75 Å². The zero-order valence-corrected chi connectivity index (χ0v) is 11.3. The molecule has 0 aliphatic rings. The van der Waals surface area contributed by atoms with Gasteiger partial charge < -0.3 is 4.74 Å². The van der Waals surface area contributed by atoms with E-state index in [0.29, 0.717) is 17.7 Å². The molecule has 0 unspecified atom stereocenters. The molecule has 0 fully saturated rings. The first kappa shape index (κ1) is 15.3. The van der Waals surface area contributed by atoms with Crippen molar-refractivity contribution in [1.82, 2.24) is 0 Å². The molecule has 8 heteroatoms. The molecule has 0 atom stereocenters. The van der Waals surface area contributed by atoms with Gasteiger partial charge in [0.1, 0.15) is 23.1 Å². The monoisotopic (exact) mass is 317 g/mol. The van der Waals surface area contributed by atoms with Crippen molar-refractivity contribution >= 4 is 10.0 Å². The number of sulfonamides is 1. The topological polar surface area (TPSA) is 69.4 Å². The van der Waals surface area contributed by atoms with Crippen molar-refractivity contribution < 1.29 is 26.3 Å². The first-order valence-corrected chi connectivity index (χ1v) is 7.21. The van der Waals surface area contributed by atoms with Gasteiger partial charge in [0.15, 0.2) is 11.6 Å². The van der Waals surface area contributed by atoms with Crippen LogP contribution in [-0.4, -0.2) is 8.42 Å². The van der Waals surface area contributed by atoms with E-state index in [1.807, 2.05) is 0 Å². The summed E-state index contributed by atoms with van der Waals surface area (Å²) in [5.74, 6) is -3.55. The van der Waals surface area contributed by atoms with E-state index in [0.717, 1.165) is 6.07 Å². The Labute approximate surface area is 119 Å². The van der Waals surface area contributed by atoms with Crippen LogP contribution in [0, 0.1) is 17.5 Å². The maximum Gasteiger partial charge on any atom is 0.241 e. The van der Waals surface area contributed by atoms with Crippen molar-refractivity contribution in [3.63, 3.8) is 0 Å². The summed E-state index contributed by atoms with van der Waals surface area (Å²) >= 11 is 0. The molecule has 0 spiro atoms. The van der Waals surface area contributed by atoms with Crippen LogP contribution in [0.4, 0.5) is 13.2 Å². The maximum absolute atomic E-state index is 13.7. The van der Waals surface area contributed by atoms with Gasteiger partial charge in [-0.05, 0) is 23.8 Å². The minimum atomic E-state index is -4.37. The van der Waals surface area contributed by atoms with Gasteiger partial charge in [-0.3, -0.25) is 0 Å². The van der Waals surface area contributed by atoms with Gasteiger partial charge in [0.25, 0.3) is 0 Å². The molecular formula is C13H10F3NO3S. The van der Waals surface area contributed by atoms with Crippen LogP contribution in [0.3, 0.4) is 0 Å². The summed E-state index contributed by atoms with van der Waals surface area (Å²) in [4.78, 5) is -0.809. The molecule has 0 amide bonds. The fraction of sp³-hybridized carbons (Fsp3) is 0.0769. The van der Waals surface area contributed by atoms with Gasteiger partial charge in [-0.25, -0.2) is 26.7 Å². The molecule has 2 aromatic carbocycles. The molecule has 2 aromatic rings. The molecule has 0 aliphatic heterocycles. The molecule has 0 bridgehead atoms. The summed E-state index contributed by atoms with van der Waals surface area (Å²) in [6.07, 6.45) is 0. The van der Waals surface area contributed by atoms with E-state index in [2.05, 4.69) is 0 Å². The Balaban J connectivity index is 2.36. The number of ether oxygens (including phenoxy) is 1. The van der Waals surface area contributed by atoms with E-state index < -0.39 is 38.1 Å². The number of primary sulfonamides is 1. The molecule has 0 radical (unpaired) electrons. The minimum absolute atomic E-state index is 0.303. The summed E-state index contributed by atoms with van der Waals surface area (Å²) in [5.41, 5.74) is 0.346. The van der Waals surface area contributed by atoms with E-state index >= 15 is 0 Å². The second-order valence-electron chi connectivity index (χ2n) is 4.18. The van der Waals surface area contributed by atoms with Crippen molar-refractivity contribution in [2.24, 2.45) is 5.14 Å². The first-order chi connectivity index (χ1) is 9.77. The lowest BCUT2D eigenvalue weighted by molar-refractivity contribution is 0.279. The summed E-state index contributed by atoms with van der Waals surface area (Å²) in [5, 5.41) is 4.89. The van der Waals surface area contributed by atoms with Crippen LogP contribution in [-0.2, 0) is 16.6 Å². The summed E-state index contributed by atoms with van der Waals surface area (Å²) in [6, 6.07) is 6.28. The standard InChI is InChI=1S/C13H10F3NO3S/c14-9-3-1-2-8(4-9)7-20-13-11(16)5-10(15)6-12(13)21(17,18)19/h1-6H,7H2,(H2,17,18,19). The van der Waals surface area contributed by atoms with Crippen LogP contribution in [0.15, 0.2) is 41.3 Å². The third-order valence-corrected chi connectivity index (χ3v) is 3.47. The van der Waals surface area contributed by atoms with Gasteiger partial charge >= 0.3 is 0 Å². The van der Waals surface area contributed by atoms with E-state index in [1.54, 1.807) is 0 Å². The lowest BCUT2D eigenvalue weighted by Crippen LogP contribution is -2.15. The average Bonchev–Trinajstić information content (AvgIpc) is 2.36. The van der Waals surface area contributed by atoms with Crippen LogP contribution in [0.1, 0.15) is 5.56 Å². The van der Waals surface area contributed by atoms with Crippen molar-refractivity contribution in [2.45, 2.75) is 11.5 Å². The van der Waals surface area contributed by atoms with E-state index in [4.69, 9.17) is 9.88 Å². The quantitative estimate of drug-likeness (QED) is 0.941. The second kappa shape index (κ2) is 5.74. The van der Waals surface area contributed by atoms with Gasteiger partial charge in [0.2, 0.25) is 10.0 Å². The number of nitrogens with two attached hydrogens (primary N) is 1. The number of hydrogen-bond donors (Lipinski definition) is 1. The van der Waals surface area contributed by atoms with Gasteiger partial charge in [-0.2, -0.15) is 0 Å². The highest BCUT2D eigenvalue weighted by atomic mass is 32.2. The lowest BCUT2D eigenvalue weighted by Gasteiger charge is -2.11. The number of hydrogen-bond acceptors (Lipinski definition) is 3. The van der Waals surface area contributed by atoms with Crippen molar-refractivity contribution in [3.05, 3.63) is 59.4 Å². The first-order valence-electron chi connectivity index (χ1n) is 5.66. The van der Waals surface area contributed by atoms with Gasteiger partial charge in [-0.15, -0.1) is 0 Å². The highest BCUT2D eigenvalue weighted by molar-refractivity contribution is 7.89. The molecular weight excluding hydrogens is 307 g/mol. The summed E-state index contributed by atoms with van der Waals surface area (Å²) in [6.45, 7) is -0.303. The molecule has 112 valence electrons. The lowest BCUT2D eigenvalue weighted by atomic mass is 10.2. The molecule has 0 aliphatic carbocycles. The predicted octanol–water partition coefficient (Wildman–Crippen LogP) is 2.33. The average molecular weight is 317 g/mol. The Morgan fingerprint density at radius 2 is 1.76 bits per heavy atom. The summed E-state index contributed by atoms with van der Waals surface area (Å²) < 4.78 is 67.4. The number of rotatable bonds is 4. The Bertz CT molecular complexity index is 778. The highest BCUT2D eigenvalue weighted by Crippen LogP contribution is 2.28. The molecule has 0 heterocycles. The Kier molecular flexibility index (Phi) is 4.19. The maximum atomic E-state index is 13.7. The Morgan fingerprint density at radius 1 is 1.05 bits per heavy atom. The predicted molar refractivity (Wildman–Crippen MR) is 68.5 cm³/mol. The molecule has 0 saturated carbocycles. The molecule has 0 aromatic heterocycles. The van der Waals surface area contributed by atoms with E-state index in [-0.39, 0.29) is 6.61 Å². The number of halogens is 3. The largest absolute Gasteiger partial charge is 0.484 e. The SMILES string of the molecule is NS(=O)(=O)c1cc(F)cc(F)c1OCc1cccc(F)c1. The van der Waals surface area contributed by atoms with Crippen LogP contribution >= 0.6 is 0 Å². The molecule has 21 heavy (non-hydrogen) atoms. The Hall–Kier alpha value is -2.06. The molecule has 2 rings (SSSR count). The van der Waals surface area contributed by atoms with Gasteiger partial charge in [0, 0.05) is 6.07 Å². The molecule has 0 saturated heterocycles. The second-order valence-corrected chi connectivity index (χ2v) is 5.71. The van der Waals surface area contributed by atoms with Crippen LogP contribution < -0.4 is 9.88 Å². The minimum Gasteiger partial charge on any atom is -0.484 e. The third-order valence-electron chi connectivity index (χ3n) is 2.55. The van der Waals surface area contributed by atoms with Crippen molar-refractivity contribution in [3.8, 4) is 5.75 Å². The Morgan fingerprint density at radius 3 is 2.38 bits per heavy atom. The van der Waals surface area contributed by atoms with E-state index in [1.165, 1.54) is 18.2 Å². The number of benzene rings is 2. The fourth-order valence-electron chi connectivity index (χ4n) is 1.67. The summed E-state index contributed by atoms with van der Waals surface area (Å²) in [7, 11) is -4.37. The van der Waals surface area contributed by atoms with E-state index in [9.17, 15) is 21.6 Å². The van der Waals surface area contributed by atoms with Gasteiger partial charge in [-0.1, -0.05) is 12.1 Å². The van der Waals surface area contributed by atoms with Gasteiger partial charge in [0.05, 0.1) is 0 Å².